The Bertz CT molecular complexity index is 1270. The average Bonchev–Trinajstić information content (AvgIpc) is 3.23. The third-order valence-electron chi connectivity index (χ3n) is 5.26. The van der Waals surface area contributed by atoms with Crippen LogP contribution in [0.1, 0.15) is 27.7 Å². The predicted molar refractivity (Wildman–Crippen MR) is 126 cm³/mol. The van der Waals surface area contributed by atoms with Crippen LogP contribution < -0.4 is 9.64 Å². The van der Waals surface area contributed by atoms with Crippen molar-refractivity contribution >= 4 is 57.1 Å². The van der Waals surface area contributed by atoms with Crippen LogP contribution in [0, 0.1) is 13.8 Å². The lowest BCUT2D eigenvalue weighted by Gasteiger charge is -2.23. The summed E-state index contributed by atoms with van der Waals surface area (Å²) in [4.78, 5) is 33.0. The number of aliphatic hydroxyl groups is 1. The molecular weight excluding hydrogens is 471 g/mol. The quantitative estimate of drug-likeness (QED) is 0.289. The molecule has 1 atom stereocenters. The highest BCUT2D eigenvalue weighted by atomic mass is 35.5. The van der Waals surface area contributed by atoms with Gasteiger partial charge in [0.2, 0.25) is 0 Å². The molecule has 1 unspecified atom stereocenters. The fourth-order valence-corrected chi connectivity index (χ4v) is 4.94. The highest BCUT2D eigenvalue weighted by molar-refractivity contribution is 7.16. The number of thiazole rings is 1. The summed E-state index contributed by atoms with van der Waals surface area (Å²) < 4.78 is 5.15. The van der Waals surface area contributed by atoms with Gasteiger partial charge in [-0.05, 0) is 49.7 Å². The fraction of sp³-hybridized carbons (Fsp3) is 0.174. The van der Waals surface area contributed by atoms with E-state index in [0.717, 1.165) is 10.6 Å². The van der Waals surface area contributed by atoms with Gasteiger partial charge >= 0.3 is 5.91 Å². The molecule has 2 aromatic carbocycles. The number of aromatic nitrogens is 1. The maximum Gasteiger partial charge on any atom is 0.301 e. The van der Waals surface area contributed by atoms with Gasteiger partial charge in [-0.25, -0.2) is 4.98 Å². The zero-order chi connectivity index (χ0) is 23.2. The Balaban J connectivity index is 1.95. The van der Waals surface area contributed by atoms with E-state index in [1.807, 2.05) is 13.8 Å². The van der Waals surface area contributed by atoms with Crippen LogP contribution in [-0.4, -0.2) is 28.9 Å². The van der Waals surface area contributed by atoms with Crippen LogP contribution in [-0.2, 0) is 9.59 Å². The number of anilines is 1. The standard InChI is InChI=1S/C23H18Cl2N2O4S/c1-11-12(2)32-23(26-11)27-19(13-5-4-6-15(24)9-13)18(21(29)22(27)30)20(28)14-7-8-17(31-3)16(25)10-14/h4-10,19,28H,1-3H3/b20-18+. The number of aryl methyl sites for hydroxylation is 2. The molecule has 1 aromatic heterocycles. The summed E-state index contributed by atoms with van der Waals surface area (Å²) >= 11 is 13.7. The second kappa shape index (κ2) is 8.58. The molecule has 0 radical (unpaired) electrons. The van der Waals surface area contributed by atoms with E-state index in [-0.39, 0.29) is 21.9 Å². The molecule has 1 aliphatic heterocycles. The van der Waals surface area contributed by atoms with E-state index in [1.54, 1.807) is 36.4 Å². The molecule has 6 nitrogen and oxygen atoms in total. The fourth-order valence-electron chi connectivity index (χ4n) is 3.55. The van der Waals surface area contributed by atoms with Gasteiger partial charge in [0.05, 0.1) is 29.4 Å². The number of benzene rings is 2. The number of halogens is 2. The summed E-state index contributed by atoms with van der Waals surface area (Å²) in [6, 6.07) is 10.5. The zero-order valence-corrected chi connectivity index (χ0v) is 19.7. The number of ether oxygens (including phenoxy) is 1. The van der Waals surface area contributed by atoms with Gasteiger partial charge in [0.15, 0.2) is 5.13 Å². The number of Topliss-reactive ketones (excluding diaryl/α,β-unsaturated/α-hetero) is 1. The van der Waals surface area contributed by atoms with Crippen molar-refractivity contribution < 1.29 is 19.4 Å². The van der Waals surface area contributed by atoms with Gasteiger partial charge in [-0.15, -0.1) is 11.3 Å². The van der Waals surface area contributed by atoms with Crippen molar-refractivity contribution in [2.75, 3.05) is 12.0 Å². The smallest absolute Gasteiger partial charge is 0.301 e. The van der Waals surface area contributed by atoms with Gasteiger partial charge in [-0.1, -0.05) is 35.3 Å². The summed E-state index contributed by atoms with van der Waals surface area (Å²) in [6.07, 6.45) is 0. The summed E-state index contributed by atoms with van der Waals surface area (Å²) in [5, 5.41) is 12.2. The number of nitrogens with zero attached hydrogens (tertiary/aromatic N) is 2. The Morgan fingerprint density at radius 3 is 2.50 bits per heavy atom. The molecule has 1 aliphatic rings. The lowest BCUT2D eigenvalue weighted by Crippen LogP contribution is -2.29. The van der Waals surface area contributed by atoms with Crippen LogP contribution in [0.15, 0.2) is 48.0 Å². The van der Waals surface area contributed by atoms with Crippen LogP contribution in [0.25, 0.3) is 5.76 Å². The second-order valence-corrected chi connectivity index (χ2v) is 9.24. The first kappa shape index (κ1) is 22.3. The molecule has 1 saturated heterocycles. The van der Waals surface area contributed by atoms with E-state index in [1.165, 1.54) is 29.4 Å². The van der Waals surface area contributed by atoms with E-state index in [9.17, 15) is 14.7 Å². The van der Waals surface area contributed by atoms with Gasteiger partial charge in [-0.2, -0.15) is 0 Å². The van der Waals surface area contributed by atoms with Crippen molar-refractivity contribution in [3.8, 4) is 5.75 Å². The molecule has 4 rings (SSSR count). The topological polar surface area (TPSA) is 79.7 Å². The lowest BCUT2D eigenvalue weighted by molar-refractivity contribution is -0.132. The molecule has 164 valence electrons. The molecule has 0 bridgehead atoms. The van der Waals surface area contributed by atoms with Gasteiger partial charge in [0, 0.05) is 15.5 Å². The normalized spacial score (nSPS) is 17.8. The van der Waals surface area contributed by atoms with Gasteiger partial charge in [-0.3, -0.25) is 14.5 Å². The third kappa shape index (κ3) is 3.77. The van der Waals surface area contributed by atoms with E-state index in [2.05, 4.69) is 4.98 Å². The van der Waals surface area contributed by atoms with Gasteiger partial charge in [0.1, 0.15) is 11.5 Å². The molecule has 1 N–H and O–H groups in total. The first-order chi connectivity index (χ1) is 15.2. The van der Waals surface area contributed by atoms with Crippen LogP contribution in [0.3, 0.4) is 0 Å². The van der Waals surface area contributed by atoms with E-state index < -0.39 is 17.7 Å². The van der Waals surface area contributed by atoms with Crippen molar-refractivity contribution in [1.29, 1.82) is 0 Å². The molecule has 32 heavy (non-hydrogen) atoms. The first-order valence-corrected chi connectivity index (χ1v) is 11.1. The lowest BCUT2D eigenvalue weighted by atomic mass is 9.95. The number of amides is 1. The molecule has 0 saturated carbocycles. The van der Waals surface area contributed by atoms with Crippen molar-refractivity contribution in [3.05, 3.63) is 79.8 Å². The average molecular weight is 489 g/mol. The third-order valence-corrected chi connectivity index (χ3v) is 6.86. The predicted octanol–water partition coefficient (Wildman–Crippen LogP) is 5.70. The van der Waals surface area contributed by atoms with Crippen molar-refractivity contribution in [2.24, 2.45) is 0 Å². The van der Waals surface area contributed by atoms with E-state index in [4.69, 9.17) is 27.9 Å². The number of ketones is 1. The number of carbonyl (C=O) groups is 2. The highest BCUT2D eigenvalue weighted by Gasteiger charge is 2.48. The SMILES string of the molecule is COc1ccc(/C(O)=C2\C(=O)C(=O)N(c3nc(C)c(C)s3)C2c2cccc(Cl)c2)cc1Cl. The molecule has 0 aliphatic carbocycles. The Labute approximate surface area is 198 Å². The molecule has 0 spiro atoms. The van der Waals surface area contributed by atoms with E-state index in [0.29, 0.717) is 21.5 Å². The van der Waals surface area contributed by atoms with Crippen molar-refractivity contribution in [1.82, 2.24) is 4.98 Å². The first-order valence-electron chi connectivity index (χ1n) is 9.57. The molecule has 9 heteroatoms. The second-order valence-electron chi connectivity index (χ2n) is 7.21. The molecule has 2 heterocycles. The number of carbonyl (C=O) groups excluding carboxylic acids is 2. The van der Waals surface area contributed by atoms with Crippen LogP contribution in [0.2, 0.25) is 10.0 Å². The Morgan fingerprint density at radius 2 is 1.91 bits per heavy atom. The van der Waals surface area contributed by atoms with Crippen molar-refractivity contribution in [3.63, 3.8) is 0 Å². The summed E-state index contributed by atoms with van der Waals surface area (Å²) in [6.45, 7) is 3.72. The monoisotopic (exact) mass is 488 g/mol. The Hall–Kier alpha value is -2.87. The Morgan fingerprint density at radius 1 is 1.16 bits per heavy atom. The zero-order valence-electron chi connectivity index (χ0n) is 17.3. The largest absolute Gasteiger partial charge is 0.507 e. The van der Waals surface area contributed by atoms with Crippen LogP contribution in [0.4, 0.5) is 5.13 Å². The number of hydrogen-bond donors (Lipinski definition) is 1. The minimum absolute atomic E-state index is 0.0657. The minimum Gasteiger partial charge on any atom is -0.507 e. The van der Waals surface area contributed by atoms with Gasteiger partial charge < -0.3 is 9.84 Å². The van der Waals surface area contributed by atoms with Crippen LogP contribution in [0.5, 0.6) is 5.75 Å². The minimum atomic E-state index is -0.903. The maximum atomic E-state index is 13.1. The highest BCUT2D eigenvalue weighted by Crippen LogP contribution is 2.44. The number of methoxy groups -OCH3 is 1. The molecule has 3 aromatic rings. The molecule has 1 amide bonds. The van der Waals surface area contributed by atoms with Gasteiger partial charge in [0.25, 0.3) is 5.78 Å². The van der Waals surface area contributed by atoms with E-state index >= 15 is 0 Å². The number of rotatable bonds is 4. The summed E-state index contributed by atoms with van der Waals surface area (Å²) in [5.41, 5.74) is 1.55. The summed E-state index contributed by atoms with van der Waals surface area (Å²) in [5.74, 6) is -1.51. The maximum absolute atomic E-state index is 13.1. The van der Waals surface area contributed by atoms with Crippen LogP contribution >= 0.6 is 34.5 Å². The summed E-state index contributed by atoms with van der Waals surface area (Å²) in [7, 11) is 1.48. The molecular formula is C23H18Cl2N2O4S. The number of aliphatic hydroxyl groups excluding tert-OH is 1. The Kier molecular flexibility index (Phi) is 5.99. The van der Waals surface area contributed by atoms with Crippen molar-refractivity contribution in [2.45, 2.75) is 19.9 Å². The number of hydrogen-bond acceptors (Lipinski definition) is 6. The molecule has 1 fully saturated rings.